The Morgan fingerprint density at radius 1 is 1.42 bits per heavy atom. The van der Waals surface area contributed by atoms with E-state index >= 15 is 0 Å². The lowest BCUT2D eigenvalue weighted by atomic mass is 10.2. The molecule has 1 aromatic carbocycles. The first-order chi connectivity index (χ1) is 8.97. The van der Waals surface area contributed by atoms with E-state index in [1.54, 1.807) is 18.0 Å². The summed E-state index contributed by atoms with van der Waals surface area (Å²) in [6.07, 6.45) is 0. The monoisotopic (exact) mass is 294 g/mol. The highest BCUT2D eigenvalue weighted by atomic mass is 35.5. The van der Waals surface area contributed by atoms with Crippen molar-refractivity contribution in [2.45, 2.75) is 13.5 Å². The summed E-state index contributed by atoms with van der Waals surface area (Å²) in [5.41, 5.74) is 7.45. The van der Waals surface area contributed by atoms with Gasteiger partial charge in [0, 0.05) is 29.2 Å². The fourth-order valence-corrected chi connectivity index (χ4v) is 2.92. The number of hydrogen-bond donors (Lipinski definition) is 1. The molecular weight excluding hydrogens is 280 g/mol. The molecule has 0 unspecified atom stereocenters. The van der Waals surface area contributed by atoms with E-state index in [9.17, 15) is 4.79 Å². The zero-order valence-electron chi connectivity index (χ0n) is 10.8. The minimum atomic E-state index is -0.0234. The number of nitrogens with two attached hydrogens (primary N) is 1. The number of carbonyl (C=O) groups excluding carboxylic acids is 1. The molecular formula is C14H15ClN2OS. The number of hydrogen-bond acceptors (Lipinski definition) is 3. The third kappa shape index (κ3) is 3.28. The summed E-state index contributed by atoms with van der Waals surface area (Å²) in [5, 5.41) is 0.676. The number of aryl methyl sites for hydroxylation is 1. The van der Waals surface area contributed by atoms with E-state index < -0.39 is 0 Å². The Morgan fingerprint density at radius 2 is 2.16 bits per heavy atom. The lowest BCUT2D eigenvalue weighted by molar-refractivity contribution is 0.0790. The average molecular weight is 295 g/mol. The van der Waals surface area contributed by atoms with Crippen LogP contribution in [0.15, 0.2) is 30.3 Å². The Hall–Kier alpha value is -1.52. The minimum Gasteiger partial charge on any atom is -0.398 e. The SMILES string of the molecule is Cc1sc(C(=O)N(C)Cc2cccc(Cl)c2)cc1N. The van der Waals surface area contributed by atoms with Crippen molar-refractivity contribution in [3.63, 3.8) is 0 Å². The van der Waals surface area contributed by atoms with Gasteiger partial charge in [-0.3, -0.25) is 4.79 Å². The third-order valence-electron chi connectivity index (χ3n) is 2.82. The average Bonchev–Trinajstić information content (AvgIpc) is 2.68. The molecule has 1 amide bonds. The van der Waals surface area contributed by atoms with Crippen LogP contribution in [0.2, 0.25) is 5.02 Å². The second-order valence-electron chi connectivity index (χ2n) is 4.41. The molecule has 0 saturated carbocycles. The van der Waals surface area contributed by atoms with E-state index in [0.717, 1.165) is 10.4 Å². The van der Waals surface area contributed by atoms with Crippen LogP contribution in [0.4, 0.5) is 5.69 Å². The summed E-state index contributed by atoms with van der Waals surface area (Å²) in [4.78, 5) is 15.5. The zero-order chi connectivity index (χ0) is 14.0. The van der Waals surface area contributed by atoms with E-state index in [2.05, 4.69) is 0 Å². The zero-order valence-corrected chi connectivity index (χ0v) is 12.4. The molecule has 0 radical (unpaired) electrons. The number of rotatable bonds is 3. The van der Waals surface area contributed by atoms with Crippen molar-refractivity contribution in [3.05, 3.63) is 50.7 Å². The van der Waals surface area contributed by atoms with Crippen LogP contribution < -0.4 is 5.73 Å². The summed E-state index contributed by atoms with van der Waals surface area (Å²) in [6.45, 7) is 2.43. The van der Waals surface area contributed by atoms with Gasteiger partial charge in [0.15, 0.2) is 0 Å². The van der Waals surface area contributed by atoms with Gasteiger partial charge >= 0.3 is 0 Å². The smallest absolute Gasteiger partial charge is 0.264 e. The highest BCUT2D eigenvalue weighted by Crippen LogP contribution is 2.24. The topological polar surface area (TPSA) is 46.3 Å². The molecule has 19 heavy (non-hydrogen) atoms. The van der Waals surface area contributed by atoms with Crippen LogP contribution in [0.25, 0.3) is 0 Å². The van der Waals surface area contributed by atoms with Crippen LogP contribution in [0.5, 0.6) is 0 Å². The number of benzene rings is 1. The molecule has 0 atom stereocenters. The summed E-state index contributed by atoms with van der Waals surface area (Å²) < 4.78 is 0. The molecule has 2 rings (SSSR count). The second kappa shape index (κ2) is 5.63. The molecule has 0 spiro atoms. The molecule has 100 valence electrons. The maximum atomic E-state index is 12.2. The van der Waals surface area contributed by atoms with Crippen molar-refractivity contribution in [1.82, 2.24) is 4.90 Å². The van der Waals surface area contributed by atoms with Gasteiger partial charge in [-0.25, -0.2) is 0 Å². The first-order valence-corrected chi connectivity index (χ1v) is 7.02. The Morgan fingerprint density at radius 3 is 2.74 bits per heavy atom. The number of amides is 1. The highest BCUT2D eigenvalue weighted by Gasteiger charge is 2.15. The second-order valence-corrected chi connectivity index (χ2v) is 6.11. The van der Waals surface area contributed by atoms with E-state index in [0.29, 0.717) is 22.1 Å². The van der Waals surface area contributed by atoms with Crippen LogP contribution in [-0.2, 0) is 6.54 Å². The lowest BCUT2D eigenvalue weighted by Crippen LogP contribution is -2.25. The van der Waals surface area contributed by atoms with Crippen LogP contribution >= 0.6 is 22.9 Å². The molecule has 0 aliphatic rings. The third-order valence-corrected chi connectivity index (χ3v) is 4.11. The summed E-state index contributed by atoms with van der Waals surface area (Å²) in [5.74, 6) is -0.0234. The normalized spacial score (nSPS) is 10.5. The van der Waals surface area contributed by atoms with Crippen molar-refractivity contribution in [1.29, 1.82) is 0 Å². The lowest BCUT2D eigenvalue weighted by Gasteiger charge is -2.16. The first-order valence-electron chi connectivity index (χ1n) is 5.83. The maximum Gasteiger partial charge on any atom is 0.264 e. The van der Waals surface area contributed by atoms with Gasteiger partial charge in [-0.15, -0.1) is 11.3 Å². The van der Waals surface area contributed by atoms with Crippen molar-refractivity contribution in [2.24, 2.45) is 0 Å². The molecule has 0 saturated heterocycles. The summed E-state index contributed by atoms with van der Waals surface area (Å²) in [6, 6.07) is 9.24. The number of nitrogen functional groups attached to an aromatic ring is 1. The van der Waals surface area contributed by atoms with Gasteiger partial charge in [-0.1, -0.05) is 23.7 Å². The fraction of sp³-hybridized carbons (Fsp3) is 0.214. The van der Waals surface area contributed by atoms with Gasteiger partial charge in [-0.05, 0) is 30.7 Å². The van der Waals surface area contributed by atoms with Crippen LogP contribution in [0, 0.1) is 6.92 Å². The van der Waals surface area contributed by atoms with Crippen molar-refractivity contribution in [3.8, 4) is 0 Å². The number of carbonyl (C=O) groups is 1. The van der Waals surface area contributed by atoms with Crippen molar-refractivity contribution >= 4 is 34.5 Å². The van der Waals surface area contributed by atoms with E-state index in [1.807, 2.05) is 31.2 Å². The molecule has 2 N–H and O–H groups in total. The van der Waals surface area contributed by atoms with Gasteiger partial charge < -0.3 is 10.6 Å². The molecule has 3 nitrogen and oxygen atoms in total. The molecule has 0 bridgehead atoms. The molecule has 0 aliphatic heterocycles. The number of anilines is 1. The predicted octanol–water partition coefficient (Wildman–Crippen LogP) is 3.56. The summed E-state index contributed by atoms with van der Waals surface area (Å²) in [7, 11) is 1.77. The van der Waals surface area contributed by atoms with Crippen molar-refractivity contribution < 1.29 is 4.79 Å². The Bertz CT molecular complexity index is 590. The standard InChI is InChI=1S/C14H15ClN2OS/c1-9-12(16)7-13(19-9)14(18)17(2)8-10-4-3-5-11(15)6-10/h3-7H,8,16H2,1-2H3. The maximum absolute atomic E-state index is 12.2. The molecule has 5 heteroatoms. The van der Waals surface area contributed by atoms with Gasteiger partial charge in [0.25, 0.3) is 5.91 Å². The largest absolute Gasteiger partial charge is 0.398 e. The number of nitrogens with zero attached hydrogens (tertiary/aromatic N) is 1. The van der Waals surface area contributed by atoms with E-state index in [-0.39, 0.29) is 5.91 Å². The quantitative estimate of drug-likeness (QED) is 0.941. The number of halogens is 1. The molecule has 1 heterocycles. The Balaban J connectivity index is 2.11. The predicted molar refractivity (Wildman–Crippen MR) is 80.7 cm³/mol. The summed E-state index contributed by atoms with van der Waals surface area (Å²) >= 11 is 7.35. The minimum absolute atomic E-state index is 0.0234. The van der Waals surface area contributed by atoms with Crippen LogP contribution in [0.3, 0.4) is 0 Å². The van der Waals surface area contributed by atoms with Crippen LogP contribution in [0.1, 0.15) is 20.1 Å². The molecule has 1 aromatic heterocycles. The molecule has 0 aliphatic carbocycles. The highest BCUT2D eigenvalue weighted by molar-refractivity contribution is 7.14. The van der Waals surface area contributed by atoms with Crippen molar-refractivity contribution in [2.75, 3.05) is 12.8 Å². The Labute approximate surface area is 121 Å². The van der Waals surface area contributed by atoms with Crippen LogP contribution in [-0.4, -0.2) is 17.9 Å². The van der Waals surface area contributed by atoms with Gasteiger partial charge in [0.2, 0.25) is 0 Å². The first kappa shape index (κ1) is 13.9. The molecule has 0 fully saturated rings. The Kier molecular flexibility index (Phi) is 4.12. The number of thiophene rings is 1. The van der Waals surface area contributed by atoms with Gasteiger partial charge in [-0.2, -0.15) is 0 Å². The van der Waals surface area contributed by atoms with Gasteiger partial charge in [0.1, 0.15) is 0 Å². The van der Waals surface area contributed by atoms with Gasteiger partial charge in [0.05, 0.1) is 4.88 Å². The van der Waals surface area contributed by atoms with E-state index in [1.165, 1.54) is 11.3 Å². The molecule has 2 aromatic rings. The fourth-order valence-electron chi connectivity index (χ4n) is 1.77. The van der Waals surface area contributed by atoms with E-state index in [4.69, 9.17) is 17.3 Å².